The van der Waals surface area contributed by atoms with E-state index in [2.05, 4.69) is 10.2 Å². The molecule has 1 aliphatic rings. The van der Waals surface area contributed by atoms with Crippen molar-refractivity contribution in [3.05, 3.63) is 58.9 Å². The van der Waals surface area contributed by atoms with Crippen molar-refractivity contribution < 1.29 is 23.4 Å². The van der Waals surface area contributed by atoms with Crippen LogP contribution in [0.1, 0.15) is 22.7 Å². The highest BCUT2D eigenvalue weighted by atomic mass is 19.1. The summed E-state index contributed by atoms with van der Waals surface area (Å²) in [4.78, 5) is 14.2. The van der Waals surface area contributed by atoms with Gasteiger partial charge in [0.2, 0.25) is 5.91 Å². The van der Waals surface area contributed by atoms with Crippen molar-refractivity contribution in [1.29, 1.82) is 0 Å². The van der Waals surface area contributed by atoms with Gasteiger partial charge in [-0.05, 0) is 35.7 Å². The van der Waals surface area contributed by atoms with Gasteiger partial charge in [-0.25, -0.2) is 4.39 Å². The number of carbonyl (C=O) groups is 1. The third kappa shape index (κ3) is 4.86. The summed E-state index contributed by atoms with van der Waals surface area (Å²) in [5.74, 6) is 0.891. The minimum Gasteiger partial charge on any atom is -0.493 e. The standard InChI is InChI=1S/C22H27FN2O4/c1-27-14-22(26)24-12-19-17-11-21(29-3)20(28-2)10-15(17)8-9-25(19)13-16-6-4-5-7-18(16)23/h4-7,10-11,19H,8-9,12-14H2,1-3H3,(H,24,26). The Bertz CT molecular complexity index is 859. The molecule has 1 amide bonds. The van der Waals surface area contributed by atoms with E-state index in [1.54, 1.807) is 26.4 Å². The lowest BCUT2D eigenvalue weighted by Gasteiger charge is -2.38. The zero-order valence-corrected chi connectivity index (χ0v) is 17.0. The van der Waals surface area contributed by atoms with E-state index in [0.717, 1.165) is 24.1 Å². The van der Waals surface area contributed by atoms with Crippen molar-refractivity contribution in [3.63, 3.8) is 0 Å². The zero-order valence-electron chi connectivity index (χ0n) is 17.0. The Morgan fingerprint density at radius 3 is 2.59 bits per heavy atom. The molecule has 0 bridgehead atoms. The Hall–Kier alpha value is -2.64. The lowest BCUT2D eigenvalue weighted by atomic mass is 9.91. The molecule has 3 rings (SSSR count). The summed E-state index contributed by atoms with van der Waals surface area (Å²) < 4.78 is 30.1. The van der Waals surface area contributed by atoms with E-state index in [1.165, 1.54) is 13.2 Å². The molecule has 1 aliphatic heterocycles. The number of methoxy groups -OCH3 is 3. The molecule has 1 atom stereocenters. The molecule has 0 aliphatic carbocycles. The molecule has 0 spiro atoms. The number of nitrogens with zero attached hydrogens (tertiary/aromatic N) is 1. The number of fused-ring (bicyclic) bond motifs is 1. The highest BCUT2D eigenvalue weighted by Gasteiger charge is 2.30. The number of nitrogens with one attached hydrogen (secondary N) is 1. The second-order valence-corrected chi connectivity index (χ2v) is 6.97. The quantitative estimate of drug-likeness (QED) is 0.736. The maximum Gasteiger partial charge on any atom is 0.246 e. The van der Waals surface area contributed by atoms with Crippen LogP contribution in [0.2, 0.25) is 0 Å². The van der Waals surface area contributed by atoms with Gasteiger partial charge in [-0.15, -0.1) is 0 Å². The van der Waals surface area contributed by atoms with Crippen LogP contribution in [0, 0.1) is 5.82 Å². The summed E-state index contributed by atoms with van der Waals surface area (Å²) >= 11 is 0. The van der Waals surface area contributed by atoms with Gasteiger partial charge in [0.25, 0.3) is 0 Å². The number of hydrogen-bond acceptors (Lipinski definition) is 5. The van der Waals surface area contributed by atoms with Gasteiger partial charge in [0.15, 0.2) is 11.5 Å². The van der Waals surface area contributed by atoms with Crippen molar-refractivity contribution in [2.75, 3.05) is 41.0 Å². The fraction of sp³-hybridized carbons (Fsp3) is 0.409. The van der Waals surface area contributed by atoms with E-state index in [-0.39, 0.29) is 24.4 Å². The summed E-state index contributed by atoms with van der Waals surface area (Å²) in [6.07, 6.45) is 0.798. The molecule has 1 N–H and O–H groups in total. The summed E-state index contributed by atoms with van der Waals surface area (Å²) in [5.41, 5.74) is 2.81. The van der Waals surface area contributed by atoms with Crippen molar-refractivity contribution in [3.8, 4) is 11.5 Å². The van der Waals surface area contributed by atoms with Crippen LogP contribution in [0.25, 0.3) is 0 Å². The molecule has 6 nitrogen and oxygen atoms in total. The average Bonchev–Trinajstić information content (AvgIpc) is 2.73. The molecule has 0 aromatic heterocycles. The zero-order chi connectivity index (χ0) is 20.8. The monoisotopic (exact) mass is 402 g/mol. The fourth-order valence-electron chi connectivity index (χ4n) is 3.75. The molecular formula is C22H27FN2O4. The van der Waals surface area contributed by atoms with Crippen molar-refractivity contribution in [2.24, 2.45) is 0 Å². The number of amides is 1. The van der Waals surface area contributed by atoms with E-state index in [1.807, 2.05) is 18.2 Å². The van der Waals surface area contributed by atoms with Crippen LogP contribution in [0.4, 0.5) is 4.39 Å². The topological polar surface area (TPSA) is 60.0 Å². The molecule has 7 heteroatoms. The minimum atomic E-state index is -0.229. The van der Waals surface area contributed by atoms with E-state index in [9.17, 15) is 9.18 Å². The van der Waals surface area contributed by atoms with E-state index < -0.39 is 0 Å². The van der Waals surface area contributed by atoms with Crippen LogP contribution in [0.5, 0.6) is 11.5 Å². The molecule has 0 radical (unpaired) electrons. The molecule has 0 saturated heterocycles. The summed E-state index contributed by atoms with van der Waals surface area (Å²) in [6, 6.07) is 10.6. The van der Waals surface area contributed by atoms with Gasteiger partial charge < -0.3 is 19.5 Å². The smallest absolute Gasteiger partial charge is 0.246 e. The van der Waals surface area contributed by atoms with Gasteiger partial charge >= 0.3 is 0 Å². The molecule has 156 valence electrons. The summed E-state index contributed by atoms with van der Waals surface area (Å²) in [6.45, 7) is 1.57. The summed E-state index contributed by atoms with van der Waals surface area (Å²) in [7, 11) is 4.69. The number of halogens is 1. The Morgan fingerprint density at radius 2 is 1.90 bits per heavy atom. The van der Waals surface area contributed by atoms with Gasteiger partial charge in [0.05, 0.1) is 20.3 Å². The third-order valence-electron chi connectivity index (χ3n) is 5.21. The Labute approximate surface area is 170 Å². The molecular weight excluding hydrogens is 375 g/mol. The lowest BCUT2D eigenvalue weighted by molar-refractivity contribution is -0.125. The average molecular weight is 402 g/mol. The van der Waals surface area contributed by atoms with Crippen molar-refractivity contribution in [2.45, 2.75) is 19.0 Å². The SMILES string of the molecule is COCC(=O)NCC1c2cc(OC)c(OC)cc2CCN1Cc1ccccc1F. The predicted molar refractivity (Wildman–Crippen MR) is 108 cm³/mol. The summed E-state index contributed by atoms with van der Waals surface area (Å²) in [5, 5.41) is 2.92. The molecule has 29 heavy (non-hydrogen) atoms. The second kappa shape index (κ2) is 9.71. The van der Waals surface area contributed by atoms with Gasteiger partial charge in [0.1, 0.15) is 12.4 Å². The largest absolute Gasteiger partial charge is 0.493 e. The molecule has 0 saturated carbocycles. The number of benzene rings is 2. The van der Waals surface area contributed by atoms with Crippen LogP contribution in [-0.4, -0.2) is 51.8 Å². The van der Waals surface area contributed by atoms with Crippen LogP contribution in [-0.2, 0) is 22.5 Å². The fourth-order valence-corrected chi connectivity index (χ4v) is 3.75. The third-order valence-corrected chi connectivity index (χ3v) is 5.21. The first kappa shape index (κ1) is 21.1. The van der Waals surface area contributed by atoms with Crippen LogP contribution in [0.3, 0.4) is 0 Å². The molecule has 1 heterocycles. The number of rotatable bonds is 8. The lowest BCUT2D eigenvalue weighted by Crippen LogP contribution is -2.42. The molecule has 1 unspecified atom stereocenters. The van der Waals surface area contributed by atoms with Crippen LogP contribution >= 0.6 is 0 Å². The molecule has 0 fully saturated rings. The van der Waals surface area contributed by atoms with Gasteiger partial charge in [0, 0.05) is 32.3 Å². The van der Waals surface area contributed by atoms with Crippen LogP contribution in [0.15, 0.2) is 36.4 Å². The Morgan fingerprint density at radius 1 is 1.17 bits per heavy atom. The maximum absolute atomic E-state index is 14.2. The van der Waals surface area contributed by atoms with Gasteiger partial charge in [-0.3, -0.25) is 9.69 Å². The number of carbonyl (C=O) groups excluding carboxylic acids is 1. The van der Waals surface area contributed by atoms with E-state index in [0.29, 0.717) is 30.2 Å². The highest BCUT2D eigenvalue weighted by Crippen LogP contribution is 2.38. The second-order valence-electron chi connectivity index (χ2n) is 6.97. The molecule has 2 aromatic carbocycles. The van der Waals surface area contributed by atoms with Crippen molar-refractivity contribution >= 4 is 5.91 Å². The van der Waals surface area contributed by atoms with E-state index in [4.69, 9.17) is 14.2 Å². The van der Waals surface area contributed by atoms with Gasteiger partial charge in [-0.1, -0.05) is 18.2 Å². The predicted octanol–water partition coefficient (Wildman–Crippen LogP) is 2.70. The number of ether oxygens (including phenoxy) is 3. The van der Waals surface area contributed by atoms with Crippen molar-refractivity contribution in [1.82, 2.24) is 10.2 Å². The maximum atomic E-state index is 14.2. The minimum absolute atomic E-state index is 0.00117. The van der Waals surface area contributed by atoms with E-state index >= 15 is 0 Å². The number of hydrogen-bond donors (Lipinski definition) is 1. The highest BCUT2D eigenvalue weighted by molar-refractivity contribution is 5.77. The Balaban J connectivity index is 1.92. The first-order valence-corrected chi connectivity index (χ1v) is 9.55. The first-order valence-electron chi connectivity index (χ1n) is 9.55. The Kier molecular flexibility index (Phi) is 7.06. The van der Waals surface area contributed by atoms with Crippen LogP contribution < -0.4 is 14.8 Å². The molecule has 2 aromatic rings. The van der Waals surface area contributed by atoms with Gasteiger partial charge in [-0.2, -0.15) is 0 Å². The first-order chi connectivity index (χ1) is 14.1. The normalized spacial score (nSPS) is 16.2.